The van der Waals surface area contributed by atoms with E-state index in [1.807, 2.05) is 45.2 Å². The van der Waals surface area contributed by atoms with Gasteiger partial charge < -0.3 is 10.2 Å². The minimum atomic E-state index is -0.0704. The molecule has 1 N–H and O–H groups in total. The molecule has 0 spiro atoms. The molecule has 6 heteroatoms. The molecule has 1 aromatic carbocycles. The lowest BCUT2D eigenvalue weighted by molar-refractivity contribution is 0.0955. The van der Waals surface area contributed by atoms with Gasteiger partial charge in [0.05, 0.1) is 16.6 Å². The van der Waals surface area contributed by atoms with Crippen molar-refractivity contribution in [1.29, 1.82) is 0 Å². The highest BCUT2D eigenvalue weighted by Gasteiger charge is 2.17. The second kappa shape index (κ2) is 7.56. The maximum Gasteiger partial charge on any atom is 0.252 e. The molecule has 136 valence electrons. The molecule has 0 aliphatic rings. The average molecular weight is 351 g/mol. The van der Waals surface area contributed by atoms with Crippen LogP contribution < -0.4 is 10.2 Å². The summed E-state index contributed by atoms with van der Waals surface area (Å²) in [5.74, 6) is -0.0704. The van der Waals surface area contributed by atoms with Crippen LogP contribution in [0.15, 0.2) is 36.4 Å². The van der Waals surface area contributed by atoms with E-state index in [9.17, 15) is 4.79 Å². The van der Waals surface area contributed by atoms with Crippen molar-refractivity contribution in [3.63, 3.8) is 0 Å². The first-order chi connectivity index (χ1) is 12.5. The molecule has 0 aliphatic heterocycles. The number of aryl methyl sites for hydroxylation is 3. The van der Waals surface area contributed by atoms with E-state index >= 15 is 0 Å². The van der Waals surface area contributed by atoms with Crippen LogP contribution in [0, 0.1) is 13.8 Å². The van der Waals surface area contributed by atoms with Gasteiger partial charge in [0, 0.05) is 38.6 Å². The Balaban J connectivity index is 1.63. The summed E-state index contributed by atoms with van der Waals surface area (Å²) in [5.41, 5.74) is 4.21. The molecule has 0 bridgehead atoms. The van der Waals surface area contributed by atoms with E-state index in [0.29, 0.717) is 12.1 Å². The van der Waals surface area contributed by atoms with E-state index in [0.717, 1.165) is 35.4 Å². The van der Waals surface area contributed by atoms with Crippen molar-refractivity contribution < 1.29 is 4.79 Å². The fraction of sp³-hybridized carbons (Fsp3) is 0.350. The lowest BCUT2D eigenvalue weighted by Crippen LogP contribution is -2.28. The molecule has 0 saturated carbocycles. The van der Waals surface area contributed by atoms with Gasteiger partial charge in [0.15, 0.2) is 5.65 Å². The monoisotopic (exact) mass is 351 g/mol. The zero-order chi connectivity index (χ0) is 18.7. The normalized spacial score (nSPS) is 10.9. The average Bonchev–Trinajstić information content (AvgIpc) is 2.92. The van der Waals surface area contributed by atoms with E-state index < -0.39 is 0 Å². The third kappa shape index (κ3) is 3.69. The Kier molecular flexibility index (Phi) is 5.21. The number of fused-ring (bicyclic) bond motifs is 1. The van der Waals surface area contributed by atoms with Crippen LogP contribution in [-0.4, -0.2) is 40.8 Å². The molecule has 2 heterocycles. The number of pyridine rings is 1. The zero-order valence-electron chi connectivity index (χ0n) is 15.8. The van der Waals surface area contributed by atoms with Crippen molar-refractivity contribution in [2.45, 2.75) is 20.3 Å². The number of benzene rings is 1. The lowest BCUT2D eigenvalue weighted by Gasteiger charge is -2.19. The summed E-state index contributed by atoms with van der Waals surface area (Å²) >= 11 is 0. The highest BCUT2D eigenvalue weighted by molar-refractivity contribution is 6.06. The molecule has 0 unspecified atom stereocenters. The minimum Gasteiger partial charge on any atom is -0.375 e. The number of para-hydroxylation sites is 1. The first-order valence-corrected chi connectivity index (χ1v) is 8.82. The Bertz CT molecular complexity index is 917. The molecule has 0 radical (unpaired) electrons. The van der Waals surface area contributed by atoms with Crippen LogP contribution in [0.3, 0.4) is 0 Å². The van der Waals surface area contributed by atoms with Crippen LogP contribution >= 0.6 is 0 Å². The van der Waals surface area contributed by atoms with Crippen molar-refractivity contribution in [2.75, 3.05) is 25.0 Å². The Morgan fingerprint density at radius 1 is 1.23 bits per heavy atom. The van der Waals surface area contributed by atoms with Crippen LogP contribution in [0.2, 0.25) is 0 Å². The highest BCUT2D eigenvalue weighted by atomic mass is 16.1. The van der Waals surface area contributed by atoms with E-state index in [-0.39, 0.29) is 5.91 Å². The topological polar surface area (TPSA) is 63.1 Å². The van der Waals surface area contributed by atoms with Gasteiger partial charge in [0.1, 0.15) is 0 Å². The fourth-order valence-electron chi connectivity index (χ4n) is 3.17. The number of nitrogens with zero attached hydrogens (tertiary/aromatic N) is 4. The number of hydrogen-bond acceptors (Lipinski definition) is 4. The summed E-state index contributed by atoms with van der Waals surface area (Å²) < 4.78 is 1.73. The van der Waals surface area contributed by atoms with Crippen molar-refractivity contribution >= 4 is 22.6 Å². The van der Waals surface area contributed by atoms with Crippen LogP contribution in [-0.2, 0) is 7.05 Å². The molecule has 0 fully saturated rings. The number of nitrogens with one attached hydrogen (secondary N) is 1. The van der Waals surface area contributed by atoms with Gasteiger partial charge in [-0.25, -0.2) is 4.98 Å². The Hall–Kier alpha value is -2.89. The number of carbonyl (C=O) groups is 1. The summed E-state index contributed by atoms with van der Waals surface area (Å²) in [5, 5.41) is 8.26. The van der Waals surface area contributed by atoms with Crippen LogP contribution in [0.5, 0.6) is 0 Å². The van der Waals surface area contributed by atoms with Gasteiger partial charge in [-0.05, 0) is 38.5 Å². The summed E-state index contributed by atoms with van der Waals surface area (Å²) in [4.78, 5) is 19.4. The van der Waals surface area contributed by atoms with Gasteiger partial charge >= 0.3 is 0 Å². The minimum absolute atomic E-state index is 0.0704. The number of anilines is 1. The predicted molar refractivity (Wildman–Crippen MR) is 105 cm³/mol. The second-order valence-electron chi connectivity index (χ2n) is 6.59. The Labute approximate surface area is 153 Å². The molecule has 0 saturated heterocycles. The van der Waals surface area contributed by atoms with Crippen molar-refractivity contribution in [3.05, 3.63) is 53.3 Å². The van der Waals surface area contributed by atoms with Gasteiger partial charge in [-0.15, -0.1) is 0 Å². The molecular formula is C20H25N5O. The molecule has 26 heavy (non-hydrogen) atoms. The number of rotatable bonds is 6. The second-order valence-corrected chi connectivity index (χ2v) is 6.59. The summed E-state index contributed by atoms with van der Waals surface area (Å²) in [6.45, 7) is 5.30. The third-order valence-electron chi connectivity index (χ3n) is 4.49. The summed E-state index contributed by atoms with van der Waals surface area (Å²) in [6.07, 6.45) is 0.871. The number of carbonyl (C=O) groups excluding carboxylic acids is 1. The molecule has 3 rings (SSSR count). The van der Waals surface area contributed by atoms with E-state index in [1.165, 1.54) is 5.69 Å². The van der Waals surface area contributed by atoms with Crippen LogP contribution in [0.25, 0.3) is 11.0 Å². The van der Waals surface area contributed by atoms with Crippen molar-refractivity contribution in [1.82, 2.24) is 20.1 Å². The Morgan fingerprint density at radius 3 is 2.69 bits per heavy atom. The molecule has 3 aromatic rings. The Morgan fingerprint density at radius 2 is 1.96 bits per heavy atom. The summed E-state index contributed by atoms with van der Waals surface area (Å²) in [6, 6.07) is 12.1. The number of aromatic nitrogens is 3. The smallest absolute Gasteiger partial charge is 0.252 e. The van der Waals surface area contributed by atoms with Crippen LogP contribution in [0.1, 0.15) is 28.2 Å². The quantitative estimate of drug-likeness (QED) is 0.694. The van der Waals surface area contributed by atoms with Crippen LogP contribution in [0.4, 0.5) is 5.69 Å². The van der Waals surface area contributed by atoms with Gasteiger partial charge in [0.2, 0.25) is 0 Å². The van der Waals surface area contributed by atoms with Crippen molar-refractivity contribution in [2.24, 2.45) is 7.05 Å². The summed E-state index contributed by atoms with van der Waals surface area (Å²) in [7, 11) is 3.91. The van der Waals surface area contributed by atoms with Gasteiger partial charge in [-0.3, -0.25) is 9.48 Å². The number of amides is 1. The maximum absolute atomic E-state index is 12.7. The molecule has 0 atom stereocenters. The number of hydrogen-bond donors (Lipinski definition) is 1. The molecule has 2 aromatic heterocycles. The molecule has 6 nitrogen and oxygen atoms in total. The van der Waals surface area contributed by atoms with E-state index in [1.54, 1.807) is 4.68 Å². The maximum atomic E-state index is 12.7. The van der Waals surface area contributed by atoms with E-state index in [4.69, 9.17) is 0 Å². The van der Waals surface area contributed by atoms with Gasteiger partial charge in [-0.2, -0.15) is 5.10 Å². The largest absolute Gasteiger partial charge is 0.375 e. The first kappa shape index (κ1) is 17.9. The molecule has 0 aliphatic carbocycles. The van der Waals surface area contributed by atoms with E-state index in [2.05, 4.69) is 39.5 Å². The third-order valence-corrected chi connectivity index (χ3v) is 4.49. The zero-order valence-corrected chi connectivity index (χ0v) is 15.8. The fourth-order valence-corrected chi connectivity index (χ4v) is 3.17. The lowest BCUT2D eigenvalue weighted by atomic mass is 10.1. The first-order valence-electron chi connectivity index (χ1n) is 8.82. The van der Waals surface area contributed by atoms with Crippen molar-refractivity contribution in [3.8, 4) is 0 Å². The standard InChI is InChI=1S/C20H25N5O/c1-14-13-17(18-15(2)23-25(4)19(18)22-14)20(26)21-11-8-12-24(3)16-9-6-5-7-10-16/h5-7,9-10,13H,8,11-12H2,1-4H3,(H,21,26). The van der Waals surface area contributed by atoms with Gasteiger partial charge in [-0.1, -0.05) is 18.2 Å². The molecular weight excluding hydrogens is 326 g/mol. The molecule has 1 amide bonds. The SMILES string of the molecule is Cc1cc(C(=O)NCCCN(C)c2ccccc2)c2c(C)nn(C)c2n1. The highest BCUT2D eigenvalue weighted by Crippen LogP contribution is 2.21. The van der Waals surface area contributed by atoms with Gasteiger partial charge in [0.25, 0.3) is 5.91 Å². The predicted octanol–water partition coefficient (Wildman–Crippen LogP) is 2.84.